The van der Waals surface area contributed by atoms with Crippen molar-refractivity contribution in [2.45, 2.75) is 26.8 Å². The lowest BCUT2D eigenvalue weighted by Crippen LogP contribution is -2.11. The molecule has 3 aromatic heterocycles. The molecule has 1 unspecified atom stereocenters. The Kier molecular flexibility index (Phi) is 4.65. The SMILES string of the molecule is Cc1cc(C(C)Nc2cccc(C)n2)c2oc(-c3ccncc3)cc(=O)c2c1. The number of hydrogen-bond donors (Lipinski definition) is 1. The van der Waals surface area contributed by atoms with Gasteiger partial charge in [0, 0.05) is 35.3 Å². The zero-order chi connectivity index (χ0) is 19.7. The van der Waals surface area contributed by atoms with Gasteiger partial charge in [-0.3, -0.25) is 9.78 Å². The quantitative estimate of drug-likeness (QED) is 0.544. The highest BCUT2D eigenvalue weighted by atomic mass is 16.3. The van der Waals surface area contributed by atoms with E-state index in [2.05, 4.69) is 21.4 Å². The smallest absolute Gasteiger partial charge is 0.193 e. The van der Waals surface area contributed by atoms with Crippen molar-refractivity contribution < 1.29 is 4.42 Å². The average Bonchev–Trinajstić information content (AvgIpc) is 2.68. The molecular weight excluding hydrogens is 350 g/mol. The predicted molar refractivity (Wildman–Crippen MR) is 111 cm³/mol. The fraction of sp³-hybridized carbons (Fsp3) is 0.174. The topological polar surface area (TPSA) is 68.0 Å². The molecule has 5 heteroatoms. The highest BCUT2D eigenvalue weighted by molar-refractivity contribution is 5.83. The van der Waals surface area contributed by atoms with Crippen LogP contribution in [0.4, 0.5) is 5.82 Å². The van der Waals surface area contributed by atoms with E-state index >= 15 is 0 Å². The molecule has 0 radical (unpaired) electrons. The highest BCUT2D eigenvalue weighted by Crippen LogP contribution is 2.30. The maximum Gasteiger partial charge on any atom is 0.193 e. The second kappa shape index (κ2) is 7.27. The molecule has 0 aliphatic heterocycles. The first-order valence-electron chi connectivity index (χ1n) is 9.20. The fourth-order valence-electron chi connectivity index (χ4n) is 3.34. The van der Waals surface area contributed by atoms with E-state index in [9.17, 15) is 4.79 Å². The van der Waals surface area contributed by atoms with Crippen LogP contribution >= 0.6 is 0 Å². The number of fused-ring (bicyclic) bond motifs is 1. The van der Waals surface area contributed by atoms with Gasteiger partial charge in [-0.1, -0.05) is 12.1 Å². The third-order valence-electron chi connectivity index (χ3n) is 4.69. The van der Waals surface area contributed by atoms with E-state index in [0.29, 0.717) is 16.7 Å². The molecule has 0 saturated carbocycles. The van der Waals surface area contributed by atoms with Crippen molar-refractivity contribution in [3.05, 3.63) is 88.0 Å². The van der Waals surface area contributed by atoms with Gasteiger partial charge in [-0.2, -0.15) is 0 Å². The van der Waals surface area contributed by atoms with Crippen LogP contribution in [0.1, 0.15) is 29.8 Å². The van der Waals surface area contributed by atoms with Crippen LogP contribution in [-0.4, -0.2) is 9.97 Å². The zero-order valence-electron chi connectivity index (χ0n) is 16.1. The molecule has 1 atom stereocenters. The summed E-state index contributed by atoms with van der Waals surface area (Å²) in [6.07, 6.45) is 3.37. The molecule has 0 aliphatic rings. The molecule has 0 saturated heterocycles. The van der Waals surface area contributed by atoms with Gasteiger partial charge in [0.25, 0.3) is 0 Å². The van der Waals surface area contributed by atoms with Crippen molar-refractivity contribution in [1.82, 2.24) is 9.97 Å². The van der Waals surface area contributed by atoms with E-state index in [-0.39, 0.29) is 11.5 Å². The van der Waals surface area contributed by atoms with Crippen molar-refractivity contribution in [3.8, 4) is 11.3 Å². The highest BCUT2D eigenvalue weighted by Gasteiger charge is 2.16. The minimum absolute atomic E-state index is 0.0566. The lowest BCUT2D eigenvalue weighted by Gasteiger charge is -2.18. The molecule has 4 rings (SSSR count). The Labute approximate surface area is 163 Å². The number of hydrogen-bond acceptors (Lipinski definition) is 5. The van der Waals surface area contributed by atoms with Crippen LogP contribution in [0.5, 0.6) is 0 Å². The summed E-state index contributed by atoms with van der Waals surface area (Å²) in [4.78, 5) is 21.3. The average molecular weight is 371 g/mol. The van der Waals surface area contributed by atoms with Gasteiger partial charge < -0.3 is 9.73 Å². The van der Waals surface area contributed by atoms with Gasteiger partial charge >= 0.3 is 0 Å². The van der Waals surface area contributed by atoms with Gasteiger partial charge in [0.15, 0.2) is 5.43 Å². The molecule has 1 N–H and O–H groups in total. The van der Waals surface area contributed by atoms with Crippen molar-refractivity contribution in [2.75, 3.05) is 5.32 Å². The Morgan fingerprint density at radius 2 is 1.82 bits per heavy atom. The second-order valence-electron chi connectivity index (χ2n) is 6.97. The number of aryl methyl sites for hydroxylation is 2. The number of aromatic nitrogens is 2. The van der Waals surface area contributed by atoms with Crippen LogP contribution in [0, 0.1) is 13.8 Å². The summed E-state index contributed by atoms with van der Waals surface area (Å²) >= 11 is 0. The second-order valence-corrected chi connectivity index (χ2v) is 6.97. The van der Waals surface area contributed by atoms with Crippen molar-refractivity contribution in [3.63, 3.8) is 0 Å². The number of anilines is 1. The molecule has 5 nitrogen and oxygen atoms in total. The van der Waals surface area contributed by atoms with Crippen LogP contribution in [0.2, 0.25) is 0 Å². The van der Waals surface area contributed by atoms with E-state index in [0.717, 1.165) is 28.2 Å². The summed E-state index contributed by atoms with van der Waals surface area (Å²) in [5.74, 6) is 1.32. The molecule has 3 heterocycles. The minimum Gasteiger partial charge on any atom is -0.455 e. The van der Waals surface area contributed by atoms with Crippen molar-refractivity contribution in [1.29, 1.82) is 0 Å². The Balaban J connectivity index is 1.85. The maximum absolute atomic E-state index is 12.8. The minimum atomic E-state index is -0.0902. The van der Waals surface area contributed by atoms with Crippen molar-refractivity contribution >= 4 is 16.8 Å². The molecule has 28 heavy (non-hydrogen) atoms. The first kappa shape index (κ1) is 17.9. The summed E-state index contributed by atoms with van der Waals surface area (Å²) in [5, 5.41) is 4.00. The Hall–Kier alpha value is -3.47. The van der Waals surface area contributed by atoms with E-state index in [1.807, 2.05) is 57.2 Å². The maximum atomic E-state index is 12.8. The standard InChI is InChI=1S/C23H21N3O2/c1-14-11-18(16(3)26-22-6-4-5-15(2)25-22)23-19(12-14)20(27)13-21(28-23)17-7-9-24-10-8-17/h4-13,16H,1-3H3,(H,25,26). The van der Waals surface area contributed by atoms with Gasteiger partial charge in [0.2, 0.25) is 0 Å². The Morgan fingerprint density at radius 3 is 2.57 bits per heavy atom. The van der Waals surface area contributed by atoms with Gasteiger partial charge in [-0.05, 0) is 56.7 Å². The molecule has 0 aliphatic carbocycles. The largest absolute Gasteiger partial charge is 0.455 e. The summed E-state index contributed by atoms with van der Waals surface area (Å²) in [5.41, 5.74) is 4.24. The van der Waals surface area contributed by atoms with E-state index in [1.54, 1.807) is 18.5 Å². The lowest BCUT2D eigenvalue weighted by atomic mass is 10.0. The first-order valence-corrected chi connectivity index (χ1v) is 9.20. The van der Waals surface area contributed by atoms with Gasteiger partial charge in [-0.25, -0.2) is 4.98 Å². The fourth-order valence-corrected chi connectivity index (χ4v) is 3.34. The molecule has 0 spiro atoms. The number of nitrogens with zero attached hydrogens (tertiary/aromatic N) is 2. The van der Waals surface area contributed by atoms with Gasteiger partial charge in [0.05, 0.1) is 11.4 Å². The Morgan fingerprint density at radius 1 is 1.04 bits per heavy atom. The zero-order valence-corrected chi connectivity index (χ0v) is 16.1. The Bertz CT molecular complexity index is 1200. The van der Waals surface area contributed by atoms with Crippen LogP contribution < -0.4 is 10.7 Å². The van der Waals surface area contributed by atoms with E-state index < -0.39 is 0 Å². The molecule has 0 amide bonds. The molecule has 140 valence electrons. The summed E-state index contributed by atoms with van der Waals surface area (Å²) in [7, 11) is 0. The molecule has 1 aromatic carbocycles. The molecule has 0 bridgehead atoms. The van der Waals surface area contributed by atoms with Crippen LogP contribution in [-0.2, 0) is 0 Å². The van der Waals surface area contributed by atoms with Crippen LogP contribution in [0.15, 0.2) is 70.1 Å². The van der Waals surface area contributed by atoms with Crippen LogP contribution in [0.3, 0.4) is 0 Å². The van der Waals surface area contributed by atoms with Crippen molar-refractivity contribution in [2.24, 2.45) is 0 Å². The first-order chi connectivity index (χ1) is 13.5. The number of pyridine rings is 2. The normalized spacial score (nSPS) is 12.1. The number of nitrogens with one attached hydrogen (secondary N) is 1. The van der Waals surface area contributed by atoms with E-state index in [1.165, 1.54) is 0 Å². The predicted octanol–water partition coefficient (Wildman–Crippen LogP) is 5.04. The molecule has 4 aromatic rings. The van der Waals surface area contributed by atoms with E-state index in [4.69, 9.17) is 4.42 Å². The third kappa shape index (κ3) is 3.51. The summed E-state index contributed by atoms with van der Waals surface area (Å²) in [6, 6.07) is 14.9. The summed E-state index contributed by atoms with van der Waals surface area (Å²) in [6.45, 7) is 5.98. The third-order valence-corrected chi connectivity index (χ3v) is 4.69. The monoisotopic (exact) mass is 371 g/mol. The summed E-state index contributed by atoms with van der Waals surface area (Å²) < 4.78 is 6.21. The molecular formula is C23H21N3O2. The lowest BCUT2D eigenvalue weighted by molar-refractivity contribution is 0.610. The molecule has 0 fully saturated rings. The number of benzene rings is 1. The van der Waals surface area contributed by atoms with Crippen LogP contribution in [0.25, 0.3) is 22.3 Å². The number of rotatable bonds is 4. The van der Waals surface area contributed by atoms with Gasteiger partial charge in [0.1, 0.15) is 17.2 Å². The van der Waals surface area contributed by atoms with Gasteiger partial charge in [-0.15, -0.1) is 0 Å².